The normalized spacial score (nSPS) is 13.7. The second-order valence-corrected chi connectivity index (χ2v) is 15.9. The average Bonchev–Trinajstić information content (AvgIpc) is 3.86. The van der Waals surface area contributed by atoms with E-state index in [4.69, 9.17) is 4.42 Å². The Hall–Kier alpha value is -5.42. The Morgan fingerprint density at radius 3 is 1.63 bits per heavy atom. The molecule has 0 saturated heterocycles. The molecule has 4 heteroatoms. The number of benzene rings is 7. The Labute approximate surface area is 291 Å². The van der Waals surface area contributed by atoms with Crippen LogP contribution in [0.2, 0.25) is 0 Å². The molecule has 3 aromatic heterocycles. The van der Waals surface area contributed by atoms with Crippen LogP contribution in [0.3, 0.4) is 0 Å². The second-order valence-electron chi connectivity index (χ2n) is 13.7. The van der Waals surface area contributed by atoms with Crippen LogP contribution in [0.4, 0.5) is 17.1 Å². The Bertz CT molecular complexity index is 2880. The summed E-state index contributed by atoms with van der Waals surface area (Å²) in [4.78, 5) is 2.42. The summed E-state index contributed by atoms with van der Waals surface area (Å²) in [6, 6.07) is 51.5. The maximum absolute atomic E-state index is 6.58. The molecule has 49 heavy (non-hydrogen) atoms. The Morgan fingerprint density at radius 2 is 0.959 bits per heavy atom. The Morgan fingerprint density at radius 1 is 0.429 bits per heavy atom. The third-order valence-corrected chi connectivity index (χ3v) is 13.0. The average molecular weight is 664 g/mol. The van der Waals surface area contributed by atoms with Crippen LogP contribution in [0.25, 0.3) is 73.4 Å². The number of hydrogen-bond acceptors (Lipinski definition) is 4. The molecule has 2 nitrogen and oxygen atoms in total. The van der Waals surface area contributed by atoms with Crippen LogP contribution in [0.1, 0.15) is 25.0 Å². The lowest BCUT2D eigenvalue weighted by molar-refractivity contribution is 0.658. The van der Waals surface area contributed by atoms with Gasteiger partial charge in [0.05, 0.1) is 0 Å². The summed E-state index contributed by atoms with van der Waals surface area (Å²) >= 11 is 3.72. The summed E-state index contributed by atoms with van der Waals surface area (Å²) in [5.41, 5.74) is 10.5. The van der Waals surface area contributed by atoms with Gasteiger partial charge >= 0.3 is 0 Å². The van der Waals surface area contributed by atoms with Crippen molar-refractivity contribution in [2.75, 3.05) is 4.90 Å². The maximum atomic E-state index is 6.58. The third-order valence-electron chi connectivity index (χ3n) is 10.7. The maximum Gasteiger partial charge on any atom is 0.136 e. The van der Waals surface area contributed by atoms with E-state index < -0.39 is 0 Å². The first kappa shape index (κ1) is 27.5. The summed E-state index contributed by atoms with van der Waals surface area (Å²) in [6.07, 6.45) is 0. The van der Waals surface area contributed by atoms with Crippen molar-refractivity contribution in [3.05, 3.63) is 151 Å². The number of nitrogens with zero attached hydrogens (tertiary/aromatic N) is 1. The van der Waals surface area contributed by atoms with E-state index in [1.54, 1.807) is 0 Å². The van der Waals surface area contributed by atoms with Crippen molar-refractivity contribution in [1.29, 1.82) is 0 Å². The lowest BCUT2D eigenvalue weighted by Gasteiger charge is -2.26. The van der Waals surface area contributed by atoms with Crippen LogP contribution in [0.5, 0.6) is 0 Å². The number of hydrogen-bond donors (Lipinski definition) is 0. The summed E-state index contributed by atoms with van der Waals surface area (Å²) in [5, 5.41) is 7.48. The minimum Gasteiger partial charge on any atom is -0.456 e. The van der Waals surface area contributed by atoms with Crippen LogP contribution < -0.4 is 4.90 Å². The summed E-state index contributed by atoms with van der Waals surface area (Å²) < 4.78 is 11.8. The van der Waals surface area contributed by atoms with Gasteiger partial charge in [0.15, 0.2) is 0 Å². The molecule has 0 unspecified atom stereocenters. The molecular formula is C45H29NOS2. The molecule has 0 bridgehead atoms. The minimum absolute atomic E-state index is 0.0786. The van der Waals surface area contributed by atoms with Crippen molar-refractivity contribution < 1.29 is 4.42 Å². The van der Waals surface area contributed by atoms with E-state index in [0.717, 1.165) is 39.0 Å². The van der Waals surface area contributed by atoms with Crippen LogP contribution in [-0.2, 0) is 5.41 Å². The van der Waals surface area contributed by atoms with E-state index in [9.17, 15) is 0 Å². The van der Waals surface area contributed by atoms with E-state index in [-0.39, 0.29) is 5.41 Å². The SMILES string of the molecule is CC1(C)c2ccccc2-c2cc3oc4ccc(N(c5ccc6sc7ccccc7c6c5)c5ccc6sc7ccccc7c6c5)cc4c3cc21. The molecule has 0 amide bonds. The van der Waals surface area contributed by atoms with E-state index >= 15 is 0 Å². The fourth-order valence-corrected chi connectivity index (χ4v) is 10.4. The quantitative estimate of drug-likeness (QED) is 0.187. The van der Waals surface area contributed by atoms with Gasteiger partial charge in [0.1, 0.15) is 11.2 Å². The predicted octanol–water partition coefficient (Wildman–Crippen LogP) is 14.1. The van der Waals surface area contributed by atoms with E-state index in [1.807, 2.05) is 22.7 Å². The van der Waals surface area contributed by atoms with Crippen molar-refractivity contribution in [2.24, 2.45) is 0 Å². The molecule has 1 aliphatic carbocycles. The van der Waals surface area contributed by atoms with Gasteiger partial charge < -0.3 is 9.32 Å². The van der Waals surface area contributed by atoms with E-state index in [1.165, 1.54) is 62.6 Å². The van der Waals surface area contributed by atoms with Gasteiger partial charge in [-0.05, 0) is 101 Å². The number of rotatable bonds is 3. The zero-order chi connectivity index (χ0) is 32.4. The summed E-state index contributed by atoms with van der Waals surface area (Å²) in [6.45, 7) is 4.68. The van der Waals surface area contributed by atoms with Gasteiger partial charge in [-0.25, -0.2) is 0 Å². The fraction of sp³-hybridized carbons (Fsp3) is 0.0667. The van der Waals surface area contributed by atoms with Gasteiger partial charge in [-0.3, -0.25) is 0 Å². The molecule has 10 aromatic rings. The monoisotopic (exact) mass is 663 g/mol. The van der Waals surface area contributed by atoms with Crippen molar-refractivity contribution >= 4 is 102 Å². The number of fused-ring (bicyclic) bond motifs is 12. The number of thiophene rings is 2. The Kier molecular flexibility index (Phi) is 5.52. The largest absolute Gasteiger partial charge is 0.456 e. The smallest absolute Gasteiger partial charge is 0.136 e. The van der Waals surface area contributed by atoms with E-state index in [0.29, 0.717) is 0 Å². The second kappa shape index (κ2) is 9.82. The van der Waals surface area contributed by atoms with Crippen LogP contribution in [0.15, 0.2) is 144 Å². The molecule has 0 radical (unpaired) electrons. The highest BCUT2D eigenvalue weighted by Gasteiger charge is 2.36. The molecule has 1 aliphatic rings. The van der Waals surface area contributed by atoms with Crippen molar-refractivity contribution in [3.8, 4) is 11.1 Å². The van der Waals surface area contributed by atoms with Gasteiger partial charge in [0.25, 0.3) is 0 Å². The fourth-order valence-electron chi connectivity index (χ4n) is 8.25. The number of furan rings is 1. The van der Waals surface area contributed by atoms with Gasteiger partial charge in [-0.2, -0.15) is 0 Å². The molecule has 0 spiro atoms. The molecule has 0 atom stereocenters. The molecule has 11 rings (SSSR count). The van der Waals surface area contributed by atoms with Crippen molar-refractivity contribution in [2.45, 2.75) is 19.3 Å². The highest BCUT2D eigenvalue weighted by Crippen LogP contribution is 2.51. The van der Waals surface area contributed by atoms with Crippen molar-refractivity contribution in [1.82, 2.24) is 0 Å². The first-order valence-electron chi connectivity index (χ1n) is 16.7. The Balaban J connectivity index is 1.15. The zero-order valence-electron chi connectivity index (χ0n) is 27.0. The van der Waals surface area contributed by atoms with Gasteiger partial charge in [-0.1, -0.05) is 74.5 Å². The minimum atomic E-state index is -0.0786. The molecule has 7 aromatic carbocycles. The van der Waals surface area contributed by atoms with Gasteiger partial charge in [-0.15, -0.1) is 22.7 Å². The highest BCUT2D eigenvalue weighted by molar-refractivity contribution is 7.26. The number of anilines is 3. The predicted molar refractivity (Wildman–Crippen MR) is 212 cm³/mol. The molecule has 232 valence electrons. The lowest BCUT2D eigenvalue weighted by Crippen LogP contribution is -2.14. The zero-order valence-corrected chi connectivity index (χ0v) is 28.6. The summed E-state index contributed by atoms with van der Waals surface area (Å²) in [5.74, 6) is 0. The first-order valence-corrected chi connectivity index (χ1v) is 18.4. The molecular weight excluding hydrogens is 635 g/mol. The molecule has 0 N–H and O–H groups in total. The molecule has 0 saturated carbocycles. The molecule has 0 aliphatic heterocycles. The van der Waals surface area contributed by atoms with Gasteiger partial charge in [0.2, 0.25) is 0 Å². The van der Waals surface area contributed by atoms with E-state index in [2.05, 4.69) is 158 Å². The van der Waals surface area contributed by atoms with Crippen molar-refractivity contribution in [3.63, 3.8) is 0 Å². The topological polar surface area (TPSA) is 16.4 Å². The molecule has 0 fully saturated rings. The first-order chi connectivity index (χ1) is 24.0. The lowest BCUT2D eigenvalue weighted by atomic mass is 9.82. The van der Waals surface area contributed by atoms with Crippen LogP contribution in [-0.4, -0.2) is 0 Å². The molecule has 3 heterocycles. The summed E-state index contributed by atoms with van der Waals surface area (Å²) in [7, 11) is 0. The third kappa shape index (κ3) is 3.87. The highest BCUT2D eigenvalue weighted by atomic mass is 32.1. The van der Waals surface area contributed by atoms with Gasteiger partial charge in [0, 0.05) is 73.6 Å². The van der Waals surface area contributed by atoms with Crippen LogP contribution >= 0.6 is 22.7 Å². The standard InChI is InChI=1S/C45H29NOS2/c1-45(2)37-12-6-3-9-29(37)32-25-40-34(24-38(32)45)33-21-26(15-18-39(33)47-40)46(27-16-19-43-35(22-27)30-10-4-7-13-41(30)48-43)28-17-20-44-36(23-28)31-11-5-8-14-42(31)49-44/h3-25H,1-2H3. The van der Waals surface area contributed by atoms with Crippen LogP contribution in [0, 0.1) is 0 Å².